The molecule has 0 saturated carbocycles. The van der Waals surface area contributed by atoms with Crippen LogP contribution in [0.3, 0.4) is 0 Å². The zero-order valence-corrected chi connectivity index (χ0v) is 15.6. The second-order valence-corrected chi connectivity index (χ2v) is 6.41. The minimum Gasteiger partial charge on any atom is -0.480 e. The Balaban J connectivity index is 3.34. The number of carboxylic acids is 1. The first-order chi connectivity index (χ1) is 11.6. The van der Waals surface area contributed by atoms with E-state index in [9.17, 15) is 9.59 Å². The van der Waals surface area contributed by atoms with Gasteiger partial charge in [0.25, 0.3) is 0 Å². The van der Waals surface area contributed by atoms with E-state index < -0.39 is 12.0 Å². The van der Waals surface area contributed by atoms with Crippen molar-refractivity contribution < 1.29 is 19.4 Å². The minimum atomic E-state index is -0.833. The van der Waals surface area contributed by atoms with Crippen LogP contribution in [0.5, 0.6) is 0 Å². The van der Waals surface area contributed by atoms with Crippen LogP contribution in [0, 0.1) is 0 Å². The summed E-state index contributed by atoms with van der Waals surface area (Å²) < 4.78 is 5.16. The van der Waals surface area contributed by atoms with E-state index in [0.29, 0.717) is 32.4 Å². The average molecular weight is 344 g/mol. The van der Waals surface area contributed by atoms with Crippen LogP contribution in [0.2, 0.25) is 0 Å². The number of carbonyl (C=O) groups excluding carboxylic acids is 1. The zero-order valence-electron chi connectivity index (χ0n) is 15.6. The van der Waals surface area contributed by atoms with Crippen molar-refractivity contribution in [1.82, 2.24) is 5.32 Å². The molecule has 1 atom stereocenters. The second kappa shape index (κ2) is 16.7. The Morgan fingerprint density at radius 3 is 2.04 bits per heavy atom. The van der Waals surface area contributed by atoms with Crippen LogP contribution in [0.4, 0.5) is 0 Å². The number of aliphatic carboxylic acids is 1. The van der Waals surface area contributed by atoms with Crippen molar-refractivity contribution >= 4 is 11.9 Å². The lowest BCUT2D eigenvalue weighted by Crippen LogP contribution is -2.36. The van der Waals surface area contributed by atoms with Gasteiger partial charge in [-0.1, -0.05) is 65.2 Å². The molecule has 5 heteroatoms. The molecule has 0 aromatic rings. The third-order valence-electron chi connectivity index (χ3n) is 4.17. The van der Waals surface area contributed by atoms with Crippen molar-refractivity contribution in [1.29, 1.82) is 0 Å². The van der Waals surface area contributed by atoms with Crippen molar-refractivity contribution in [2.45, 2.75) is 96.9 Å². The van der Waals surface area contributed by atoms with Crippen molar-refractivity contribution in [2.75, 3.05) is 13.2 Å². The third kappa shape index (κ3) is 14.5. The summed E-state index contributed by atoms with van der Waals surface area (Å²) >= 11 is 0. The van der Waals surface area contributed by atoms with Gasteiger partial charge in [-0.05, 0) is 25.8 Å². The first kappa shape index (κ1) is 22.9. The first-order valence-corrected chi connectivity index (χ1v) is 9.73. The van der Waals surface area contributed by atoms with Crippen LogP contribution in [0.15, 0.2) is 0 Å². The molecule has 0 aliphatic carbocycles. The van der Waals surface area contributed by atoms with Crippen molar-refractivity contribution in [2.24, 2.45) is 0 Å². The molecule has 0 bridgehead atoms. The Morgan fingerprint density at radius 1 is 0.917 bits per heavy atom. The van der Waals surface area contributed by atoms with Gasteiger partial charge in [0.15, 0.2) is 0 Å². The summed E-state index contributed by atoms with van der Waals surface area (Å²) in [7, 11) is 0. The number of ether oxygens (including phenoxy) is 1. The molecule has 5 nitrogen and oxygen atoms in total. The smallest absolute Gasteiger partial charge is 0.320 e. The molecule has 0 rings (SSSR count). The Labute approximate surface area is 147 Å². The molecule has 0 aliphatic rings. The van der Waals surface area contributed by atoms with E-state index >= 15 is 0 Å². The highest BCUT2D eigenvalue weighted by molar-refractivity contribution is 5.73. The molecule has 24 heavy (non-hydrogen) atoms. The lowest BCUT2D eigenvalue weighted by molar-refractivity contribution is -0.144. The third-order valence-corrected chi connectivity index (χ3v) is 4.17. The van der Waals surface area contributed by atoms with Crippen LogP contribution in [0.1, 0.15) is 90.9 Å². The Morgan fingerprint density at radius 2 is 1.50 bits per heavy atom. The van der Waals surface area contributed by atoms with E-state index in [0.717, 1.165) is 12.8 Å². The van der Waals surface area contributed by atoms with E-state index in [-0.39, 0.29) is 5.97 Å². The maximum atomic E-state index is 11.6. The largest absolute Gasteiger partial charge is 0.480 e. The van der Waals surface area contributed by atoms with Gasteiger partial charge >= 0.3 is 11.9 Å². The highest BCUT2D eigenvalue weighted by atomic mass is 16.5. The molecular formula is C19H37NO4. The lowest BCUT2D eigenvalue weighted by Gasteiger charge is -2.11. The Hall–Kier alpha value is -1.10. The van der Waals surface area contributed by atoms with Crippen LogP contribution in [-0.2, 0) is 14.3 Å². The summed E-state index contributed by atoms with van der Waals surface area (Å²) in [6.45, 7) is 4.97. The van der Waals surface area contributed by atoms with Gasteiger partial charge in [-0.25, -0.2) is 0 Å². The van der Waals surface area contributed by atoms with Crippen LogP contribution < -0.4 is 5.32 Å². The molecule has 2 N–H and O–H groups in total. The molecule has 0 aromatic carbocycles. The molecule has 1 unspecified atom stereocenters. The van der Waals surface area contributed by atoms with Gasteiger partial charge in [-0.3, -0.25) is 9.59 Å². The standard InChI is InChI=1S/C19H37NO4/c1-3-5-6-7-8-9-10-11-12-14-18(21)24-16-13-15-20-17(4-2)19(22)23/h17,20H,3-16H2,1-2H3,(H,22,23). The van der Waals surface area contributed by atoms with E-state index in [4.69, 9.17) is 9.84 Å². The summed E-state index contributed by atoms with van der Waals surface area (Å²) in [5.41, 5.74) is 0. The number of unbranched alkanes of at least 4 members (excludes halogenated alkanes) is 8. The first-order valence-electron chi connectivity index (χ1n) is 9.73. The average Bonchev–Trinajstić information content (AvgIpc) is 2.56. The van der Waals surface area contributed by atoms with Crippen LogP contribution in [0.25, 0.3) is 0 Å². The number of rotatable bonds is 17. The van der Waals surface area contributed by atoms with Crippen molar-refractivity contribution in [3.63, 3.8) is 0 Å². The summed E-state index contributed by atoms with van der Waals surface area (Å²) in [4.78, 5) is 22.4. The number of nitrogens with one attached hydrogen (secondary N) is 1. The maximum Gasteiger partial charge on any atom is 0.320 e. The molecule has 0 aliphatic heterocycles. The molecule has 0 amide bonds. The summed E-state index contributed by atoms with van der Waals surface area (Å²) in [6.07, 6.45) is 12.8. The molecule has 0 fully saturated rings. The van der Waals surface area contributed by atoms with Gasteiger partial charge in [0.1, 0.15) is 6.04 Å². The molecule has 0 aromatic heterocycles. The quantitative estimate of drug-likeness (QED) is 0.304. The Bertz CT molecular complexity index is 320. The second-order valence-electron chi connectivity index (χ2n) is 6.41. The SMILES string of the molecule is CCCCCCCCCCCC(=O)OCCCNC(CC)C(=O)O. The fourth-order valence-corrected chi connectivity index (χ4v) is 2.59. The molecule has 0 radical (unpaired) electrons. The van der Waals surface area contributed by atoms with Crippen molar-refractivity contribution in [3.8, 4) is 0 Å². The van der Waals surface area contributed by atoms with Crippen molar-refractivity contribution in [3.05, 3.63) is 0 Å². The van der Waals surface area contributed by atoms with Crippen LogP contribution in [-0.4, -0.2) is 36.2 Å². The predicted octanol–water partition coefficient (Wildman–Crippen LogP) is 4.29. The lowest BCUT2D eigenvalue weighted by atomic mass is 10.1. The van der Waals surface area contributed by atoms with E-state index in [2.05, 4.69) is 12.2 Å². The highest BCUT2D eigenvalue weighted by Gasteiger charge is 2.13. The fraction of sp³-hybridized carbons (Fsp3) is 0.895. The van der Waals surface area contributed by atoms with E-state index in [1.807, 2.05) is 6.92 Å². The normalized spacial score (nSPS) is 12.1. The van der Waals surface area contributed by atoms with Gasteiger partial charge in [-0.2, -0.15) is 0 Å². The van der Waals surface area contributed by atoms with E-state index in [1.54, 1.807) is 0 Å². The fourth-order valence-electron chi connectivity index (χ4n) is 2.59. The zero-order chi connectivity index (χ0) is 18.0. The summed E-state index contributed by atoms with van der Waals surface area (Å²) in [5.74, 6) is -0.969. The number of esters is 1. The van der Waals surface area contributed by atoms with Gasteiger partial charge in [0.2, 0.25) is 0 Å². The summed E-state index contributed by atoms with van der Waals surface area (Å²) in [5, 5.41) is 11.8. The minimum absolute atomic E-state index is 0.136. The highest BCUT2D eigenvalue weighted by Crippen LogP contribution is 2.10. The molecule has 0 spiro atoms. The van der Waals surface area contributed by atoms with Gasteiger partial charge < -0.3 is 15.2 Å². The molecule has 0 saturated heterocycles. The Kier molecular flexibility index (Phi) is 16.0. The predicted molar refractivity (Wildman–Crippen MR) is 97.1 cm³/mol. The monoisotopic (exact) mass is 343 g/mol. The summed E-state index contributed by atoms with van der Waals surface area (Å²) in [6, 6.07) is -0.511. The molecule has 142 valence electrons. The maximum absolute atomic E-state index is 11.6. The van der Waals surface area contributed by atoms with E-state index in [1.165, 1.54) is 44.9 Å². The molecular weight excluding hydrogens is 306 g/mol. The number of hydrogen-bond acceptors (Lipinski definition) is 4. The van der Waals surface area contributed by atoms with Gasteiger partial charge in [-0.15, -0.1) is 0 Å². The number of hydrogen-bond donors (Lipinski definition) is 2. The van der Waals surface area contributed by atoms with Crippen LogP contribution >= 0.6 is 0 Å². The van der Waals surface area contributed by atoms with Gasteiger partial charge in [0.05, 0.1) is 6.61 Å². The topological polar surface area (TPSA) is 75.6 Å². The molecule has 0 heterocycles. The number of carboxylic acid groups (broad SMARTS) is 1. The van der Waals surface area contributed by atoms with Gasteiger partial charge in [0, 0.05) is 6.42 Å². The number of carbonyl (C=O) groups is 2.